The molecule has 1 aliphatic heterocycles. The summed E-state index contributed by atoms with van der Waals surface area (Å²) in [5.74, 6) is 2.06. The van der Waals surface area contributed by atoms with Gasteiger partial charge < -0.3 is 19.4 Å². The number of hydrogen-bond donors (Lipinski definition) is 1. The molecule has 0 saturated carbocycles. The van der Waals surface area contributed by atoms with Crippen molar-refractivity contribution >= 4 is 18.3 Å². The maximum atomic E-state index is 12.6. The number of aryl methyl sites for hydroxylation is 1. The summed E-state index contributed by atoms with van der Waals surface area (Å²) >= 11 is 0. The van der Waals surface area contributed by atoms with Crippen molar-refractivity contribution in [2.75, 3.05) is 33.4 Å². The Morgan fingerprint density at radius 3 is 2.71 bits per heavy atom. The molecule has 2 rings (SSSR count). The van der Waals surface area contributed by atoms with Gasteiger partial charge in [0.1, 0.15) is 11.5 Å². The zero-order valence-corrected chi connectivity index (χ0v) is 13.6. The van der Waals surface area contributed by atoms with Crippen LogP contribution in [-0.4, -0.2) is 44.2 Å². The molecule has 2 heterocycles. The first-order chi connectivity index (χ1) is 9.70. The number of nitrogens with one attached hydrogen (secondary N) is 1. The Morgan fingerprint density at radius 1 is 1.43 bits per heavy atom. The summed E-state index contributed by atoms with van der Waals surface area (Å²) in [5, 5.41) is 3.29. The first-order valence-electron chi connectivity index (χ1n) is 7.24. The Labute approximate surface area is 132 Å². The lowest BCUT2D eigenvalue weighted by molar-refractivity contribution is -0.138. The van der Waals surface area contributed by atoms with E-state index in [1.54, 1.807) is 7.11 Å². The van der Waals surface area contributed by atoms with Gasteiger partial charge in [-0.1, -0.05) is 0 Å². The predicted octanol–water partition coefficient (Wildman–Crippen LogP) is 1.98. The molecule has 1 aromatic heterocycles. The van der Waals surface area contributed by atoms with Gasteiger partial charge in [0.2, 0.25) is 5.91 Å². The van der Waals surface area contributed by atoms with Crippen LogP contribution in [0, 0.1) is 12.8 Å². The van der Waals surface area contributed by atoms with Crippen LogP contribution in [0.3, 0.4) is 0 Å². The van der Waals surface area contributed by atoms with Crippen LogP contribution in [0.2, 0.25) is 0 Å². The minimum atomic E-state index is 0. The van der Waals surface area contributed by atoms with Crippen LogP contribution in [0.5, 0.6) is 0 Å². The summed E-state index contributed by atoms with van der Waals surface area (Å²) in [6, 6.07) is 3.86. The molecule has 1 aromatic rings. The van der Waals surface area contributed by atoms with E-state index < -0.39 is 0 Å². The molecule has 120 valence electrons. The van der Waals surface area contributed by atoms with Gasteiger partial charge >= 0.3 is 0 Å². The number of hydrogen-bond acceptors (Lipinski definition) is 4. The molecule has 6 heteroatoms. The normalized spacial score (nSPS) is 15.5. The van der Waals surface area contributed by atoms with Crippen molar-refractivity contribution in [1.82, 2.24) is 10.2 Å². The van der Waals surface area contributed by atoms with Crippen molar-refractivity contribution in [3.63, 3.8) is 0 Å². The van der Waals surface area contributed by atoms with Crippen molar-refractivity contribution < 1.29 is 13.9 Å². The van der Waals surface area contributed by atoms with E-state index in [1.807, 2.05) is 24.0 Å². The topological polar surface area (TPSA) is 54.7 Å². The van der Waals surface area contributed by atoms with Crippen molar-refractivity contribution in [3.05, 3.63) is 23.7 Å². The van der Waals surface area contributed by atoms with Crippen molar-refractivity contribution in [2.45, 2.75) is 26.3 Å². The Kier molecular flexibility index (Phi) is 7.78. The summed E-state index contributed by atoms with van der Waals surface area (Å²) in [6.07, 6.45) is 1.83. The van der Waals surface area contributed by atoms with E-state index in [2.05, 4.69) is 5.32 Å². The third-order valence-corrected chi connectivity index (χ3v) is 3.71. The Morgan fingerprint density at radius 2 is 2.14 bits per heavy atom. The summed E-state index contributed by atoms with van der Waals surface area (Å²) in [6.45, 7) is 5.45. The molecule has 0 unspecified atom stereocenters. The first kappa shape index (κ1) is 18.0. The standard InChI is InChI=1S/C15H24N2O3.ClH/c1-12-3-4-14(20-12)11-17(9-10-19-2)15(18)13-5-7-16-8-6-13;/h3-4,13,16H,5-11H2,1-2H3;1H. The quantitative estimate of drug-likeness (QED) is 0.872. The van der Waals surface area contributed by atoms with Gasteiger partial charge in [-0.15, -0.1) is 12.4 Å². The average molecular weight is 317 g/mol. The zero-order valence-electron chi connectivity index (χ0n) is 12.8. The van der Waals surface area contributed by atoms with E-state index in [4.69, 9.17) is 9.15 Å². The monoisotopic (exact) mass is 316 g/mol. The van der Waals surface area contributed by atoms with E-state index in [-0.39, 0.29) is 24.2 Å². The van der Waals surface area contributed by atoms with E-state index in [0.29, 0.717) is 19.7 Å². The van der Waals surface area contributed by atoms with E-state index in [1.165, 1.54) is 0 Å². The van der Waals surface area contributed by atoms with E-state index >= 15 is 0 Å². The number of furan rings is 1. The van der Waals surface area contributed by atoms with Crippen molar-refractivity contribution in [1.29, 1.82) is 0 Å². The fourth-order valence-corrected chi connectivity index (χ4v) is 2.55. The number of methoxy groups -OCH3 is 1. The summed E-state index contributed by atoms with van der Waals surface area (Å²) < 4.78 is 10.7. The number of piperidine rings is 1. The third-order valence-electron chi connectivity index (χ3n) is 3.71. The molecular weight excluding hydrogens is 292 g/mol. The second-order valence-corrected chi connectivity index (χ2v) is 5.29. The molecule has 1 N–H and O–H groups in total. The fourth-order valence-electron chi connectivity index (χ4n) is 2.55. The molecule has 0 spiro atoms. The Bertz CT molecular complexity index is 430. The fraction of sp³-hybridized carbons (Fsp3) is 0.667. The van der Waals surface area contributed by atoms with E-state index in [9.17, 15) is 4.79 Å². The Hall–Kier alpha value is -1.04. The summed E-state index contributed by atoms with van der Waals surface area (Å²) in [5.41, 5.74) is 0. The molecule has 1 amide bonds. The molecule has 5 nitrogen and oxygen atoms in total. The second-order valence-electron chi connectivity index (χ2n) is 5.29. The number of carbonyl (C=O) groups excluding carboxylic acids is 1. The largest absolute Gasteiger partial charge is 0.464 e. The molecule has 0 aliphatic carbocycles. The maximum absolute atomic E-state index is 12.6. The smallest absolute Gasteiger partial charge is 0.226 e. The molecule has 0 radical (unpaired) electrons. The molecule has 0 bridgehead atoms. The molecule has 1 fully saturated rings. The van der Waals surface area contributed by atoms with E-state index in [0.717, 1.165) is 37.5 Å². The van der Waals surface area contributed by atoms with Gasteiger partial charge in [0.05, 0.1) is 13.2 Å². The number of carbonyl (C=O) groups is 1. The van der Waals surface area contributed by atoms with Crippen molar-refractivity contribution in [2.24, 2.45) is 5.92 Å². The minimum Gasteiger partial charge on any atom is -0.464 e. The van der Waals surface area contributed by atoms with Crippen LogP contribution < -0.4 is 5.32 Å². The van der Waals surface area contributed by atoms with Gasteiger partial charge in [0, 0.05) is 19.6 Å². The number of amides is 1. The first-order valence-corrected chi connectivity index (χ1v) is 7.24. The van der Waals surface area contributed by atoms with Gasteiger partial charge in [-0.2, -0.15) is 0 Å². The van der Waals surface area contributed by atoms with Crippen LogP contribution in [0.4, 0.5) is 0 Å². The highest BCUT2D eigenvalue weighted by Gasteiger charge is 2.26. The van der Waals surface area contributed by atoms with Crippen LogP contribution in [0.25, 0.3) is 0 Å². The predicted molar refractivity (Wildman–Crippen MR) is 83.6 cm³/mol. The molecule has 0 aromatic carbocycles. The van der Waals surface area contributed by atoms with Gasteiger partial charge in [-0.25, -0.2) is 0 Å². The van der Waals surface area contributed by atoms with Gasteiger partial charge in [0.15, 0.2) is 0 Å². The number of nitrogens with zero attached hydrogens (tertiary/aromatic N) is 1. The SMILES string of the molecule is COCCN(Cc1ccc(C)o1)C(=O)C1CCNCC1.Cl. The van der Waals surface area contributed by atoms with Crippen LogP contribution in [0.15, 0.2) is 16.5 Å². The number of ether oxygens (including phenoxy) is 1. The minimum absolute atomic E-state index is 0. The molecule has 0 atom stereocenters. The molecule has 1 saturated heterocycles. The summed E-state index contributed by atoms with van der Waals surface area (Å²) in [7, 11) is 1.66. The van der Waals surface area contributed by atoms with Crippen molar-refractivity contribution in [3.8, 4) is 0 Å². The lowest BCUT2D eigenvalue weighted by atomic mass is 9.96. The molecule has 21 heavy (non-hydrogen) atoms. The zero-order chi connectivity index (χ0) is 14.4. The number of rotatable bonds is 6. The molecule has 1 aliphatic rings. The highest BCUT2D eigenvalue weighted by Crippen LogP contribution is 2.18. The Balaban J connectivity index is 0.00000220. The van der Waals surface area contributed by atoms with Gasteiger partial charge in [-0.05, 0) is 45.0 Å². The van der Waals surface area contributed by atoms with Gasteiger partial charge in [-0.3, -0.25) is 4.79 Å². The number of halogens is 1. The lowest BCUT2D eigenvalue weighted by Crippen LogP contribution is -2.42. The van der Waals surface area contributed by atoms with Crippen LogP contribution >= 0.6 is 12.4 Å². The molecular formula is C15H25ClN2O3. The summed E-state index contributed by atoms with van der Waals surface area (Å²) in [4.78, 5) is 14.5. The lowest BCUT2D eigenvalue weighted by Gasteiger charge is -2.29. The van der Waals surface area contributed by atoms with Crippen LogP contribution in [0.1, 0.15) is 24.4 Å². The highest BCUT2D eigenvalue weighted by atomic mass is 35.5. The average Bonchev–Trinajstić information content (AvgIpc) is 2.89. The third kappa shape index (κ3) is 5.34. The van der Waals surface area contributed by atoms with Gasteiger partial charge in [0.25, 0.3) is 0 Å². The maximum Gasteiger partial charge on any atom is 0.226 e. The highest BCUT2D eigenvalue weighted by molar-refractivity contribution is 5.85. The van der Waals surface area contributed by atoms with Crippen LogP contribution in [-0.2, 0) is 16.1 Å². The second kappa shape index (κ2) is 9.07.